The van der Waals surface area contributed by atoms with E-state index in [9.17, 15) is 9.18 Å². The molecule has 1 aromatic rings. The van der Waals surface area contributed by atoms with Crippen molar-refractivity contribution in [3.63, 3.8) is 0 Å². The molecule has 0 spiro atoms. The standard InChI is InChI=1S/C10H11FNO.CH2O2.Fm/c1-8(12-7-13)6-9-2-4-10(11)5-3-9;2-1-3;/h2-5,8H,6H2,1H3,(H,12,13);1H,(H,2,3);/q-1;;. The van der Waals surface area contributed by atoms with E-state index in [0.29, 0.717) is 6.42 Å². The average Bonchev–Trinajstić information content (AvgIpc) is 2.23. The predicted octanol–water partition coefficient (Wildman–Crippen LogP) is 1.11. The van der Waals surface area contributed by atoms with Crippen molar-refractivity contribution in [2.45, 2.75) is 19.4 Å². The summed E-state index contributed by atoms with van der Waals surface area (Å²) in [7, 11) is 0. The largest absolute Gasteiger partial charge is 0.527 e. The fraction of sp³-hybridized carbons (Fsp3) is 0.273. The van der Waals surface area contributed by atoms with Crippen molar-refractivity contribution in [2.24, 2.45) is 0 Å². The minimum absolute atomic E-state index is 0. The second-order valence-corrected chi connectivity index (χ2v) is 3.08. The van der Waals surface area contributed by atoms with Gasteiger partial charge in [0.1, 0.15) is 5.82 Å². The number of halogens is 1. The second kappa shape index (κ2) is 9.64. The van der Waals surface area contributed by atoms with E-state index in [1.165, 1.54) is 12.1 Å². The maximum Gasteiger partial charge on any atom is 0.290 e. The van der Waals surface area contributed by atoms with Crippen molar-refractivity contribution >= 4 is 12.9 Å². The van der Waals surface area contributed by atoms with Gasteiger partial charge in [-0.2, -0.15) is 6.41 Å². The first-order valence-electron chi connectivity index (χ1n) is 4.59. The number of carboxylic acid groups (broad SMARTS) is 1. The van der Waals surface area contributed by atoms with Crippen molar-refractivity contribution in [3.8, 4) is 0 Å². The fourth-order valence-corrected chi connectivity index (χ4v) is 1.13. The van der Waals surface area contributed by atoms with Gasteiger partial charge in [0.25, 0.3) is 6.47 Å². The molecule has 1 aromatic carbocycles. The predicted molar refractivity (Wildman–Crippen MR) is 57.1 cm³/mol. The van der Waals surface area contributed by atoms with Gasteiger partial charge in [0, 0.05) is 0 Å². The topological polar surface area (TPSA) is 66.4 Å². The van der Waals surface area contributed by atoms with Crippen LogP contribution in [0.5, 0.6) is 0 Å². The van der Waals surface area contributed by atoms with Crippen LogP contribution >= 0.6 is 0 Å². The van der Waals surface area contributed by atoms with Crippen molar-refractivity contribution in [1.29, 1.82) is 0 Å². The number of amides is 1. The fourth-order valence-electron chi connectivity index (χ4n) is 1.13. The molecule has 0 bridgehead atoms. The molecule has 1 amide bonds. The Hall–Kier alpha value is -2.91. The molecule has 0 aliphatic rings. The van der Waals surface area contributed by atoms with Gasteiger partial charge in [-0.1, -0.05) is 12.1 Å². The van der Waals surface area contributed by atoms with E-state index in [-0.39, 0.29) is 18.3 Å². The minimum atomic E-state index is -0.250. The van der Waals surface area contributed by atoms with Gasteiger partial charge in [-0.3, -0.25) is 4.79 Å². The van der Waals surface area contributed by atoms with Crippen molar-refractivity contribution in [2.75, 3.05) is 0 Å². The molecule has 0 saturated carbocycles. The van der Waals surface area contributed by atoms with Crippen molar-refractivity contribution in [3.05, 3.63) is 35.6 Å². The molecule has 1 unspecified atom stereocenters. The van der Waals surface area contributed by atoms with E-state index < -0.39 is 0 Å². The van der Waals surface area contributed by atoms with Gasteiger partial charge in [0.05, 0.1) is 0 Å². The zero-order valence-corrected chi connectivity index (χ0v) is 11.5. The zero-order valence-electron chi connectivity index (χ0n) is 9.10. The second-order valence-electron chi connectivity index (χ2n) is 3.08. The van der Waals surface area contributed by atoms with Crippen LogP contribution < -0.4 is 5.32 Å². The van der Waals surface area contributed by atoms with Gasteiger partial charge in [-0.25, -0.2) is 4.39 Å². The average molecular weight is 483 g/mol. The van der Waals surface area contributed by atoms with Crippen LogP contribution in [0.15, 0.2) is 24.3 Å². The molecule has 100 valence electrons. The van der Waals surface area contributed by atoms with Crippen LogP contribution in [0.1, 0.15) is 12.5 Å². The van der Waals surface area contributed by atoms with Gasteiger partial charge in [0.15, 0.2) is 0 Å². The summed E-state index contributed by atoms with van der Waals surface area (Å²) in [5, 5.41) is 9.40. The number of hydrogen-bond donors (Lipinski definition) is 2. The van der Waals surface area contributed by atoms with E-state index in [0.717, 1.165) is 5.56 Å². The van der Waals surface area contributed by atoms with E-state index >= 15 is 0 Å². The number of carbonyl (C=O) groups is 1. The molecule has 0 fully saturated rings. The molecule has 0 aromatic heterocycles. The third-order valence-corrected chi connectivity index (χ3v) is 1.76. The Balaban J connectivity index is 0. The summed E-state index contributed by atoms with van der Waals surface area (Å²) < 4.78 is 12.5. The van der Waals surface area contributed by atoms with E-state index in [2.05, 4.69) is 5.32 Å². The molecule has 6 heteroatoms. The molecule has 0 aliphatic carbocycles. The molecule has 1 rings (SSSR count). The molecule has 0 aliphatic heterocycles. The number of rotatable bonds is 4. The quantitative estimate of drug-likeness (QED) is 0.384. The summed E-state index contributed by atoms with van der Waals surface area (Å²) in [4.78, 5) is 18.3. The summed E-state index contributed by atoms with van der Waals surface area (Å²) >= 11 is 0. The molecular weight excluding hydrogens is 470 g/mol. The summed E-state index contributed by atoms with van der Waals surface area (Å²) in [5.41, 5.74) is 0.997. The number of nitrogens with one attached hydrogen (secondary N) is 1. The van der Waals surface area contributed by atoms with Crippen molar-refractivity contribution in [1.82, 2.24) is 5.32 Å². The van der Waals surface area contributed by atoms with Gasteiger partial charge in [0.2, 0.25) is 0 Å². The molecule has 17 heavy (non-hydrogen) atoms. The summed E-state index contributed by atoms with van der Waals surface area (Å²) in [6, 6.07) is 6.26. The first-order chi connectivity index (χ1) is 7.63. The zero-order chi connectivity index (χ0) is 12.4. The molecular formula is C11H13FFmNO3-. The van der Waals surface area contributed by atoms with Crippen LogP contribution in [0.2, 0.25) is 0 Å². The summed E-state index contributed by atoms with van der Waals surface area (Å²) in [5.74, 6) is -0.244. The third-order valence-electron chi connectivity index (χ3n) is 1.76. The van der Waals surface area contributed by atoms with Crippen LogP contribution in [0, 0.1) is 5.82 Å². The van der Waals surface area contributed by atoms with Gasteiger partial charge >= 0.3 is 0 Å². The number of carbonyl (C=O) groups excluding carboxylic acids is 1. The Kier molecular flexibility index (Phi) is 9.36. The molecule has 2 N–H and O–H groups in total. The maximum atomic E-state index is 12.5. The SMILES string of the molecule is CC(Cc1ccc(F)cc1)N[C-]=O.O=CO.[Fm]. The van der Waals surface area contributed by atoms with Crippen molar-refractivity contribution < 1.29 is 19.1 Å². The Morgan fingerprint density at radius 3 is 2.35 bits per heavy atom. The van der Waals surface area contributed by atoms with Gasteiger partial charge in [-0.15, -0.1) is 0 Å². The molecule has 4 nitrogen and oxygen atoms in total. The van der Waals surface area contributed by atoms with E-state index in [1.807, 2.05) is 6.92 Å². The molecule has 0 saturated heterocycles. The van der Waals surface area contributed by atoms with E-state index in [4.69, 9.17) is 9.90 Å². The molecule has 0 radical (unpaired) electrons. The Bertz CT molecular complexity index is 319. The Labute approximate surface area is 93.1 Å². The Morgan fingerprint density at radius 1 is 1.47 bits per heavy atom. The molecule has 1 atom stereocenters. The number of hydrogen-bond acceptors (Lipinski definition) is 2. The first-order valence-corrected chi connectivity index (χ1v) is 4.59. The first kappa shape index (κ1) is 16.5. The smallest absolute Gasteiger partial charge is 0.290 e. The third kappa shape index (κ3) is 8.11. The maximum absolute atomic E-state index is 12.5. The van der Waals surface area contributed by atoms with Gasteiger partial charge in [-0.05, 0) is 37.1 Å². The summed E-state index contributed by atoms with van der Waals surface area (Å²) in [6.45, 7) is 1.62. The van der Waals surface area contributed by atoms with Crippen LogP contribution in [-0.2, 0) is 16.0 Å². The number of benzene rings is 1. The molecule has 0 heterocycles. The van der Waals surface area contributed by atoms with E-state index in [1.54, 1.807) is 18.5 Å². The van der Waals surface area contributed by atoms with Crippen LogP contribution in [0.25, 0.3) is 0 Å². The van der Waals surface area contributed by atoms with Gasteiger partial charge < -0.3 is 15.2 Å². The monoisotopic (exact) mass is 483 g/mol. The minimum Gasteiger partial charge on any atom is -0.527 e. The van der Waals surface area contributed by atoms with Crippen LogP contribution in [-0.4, -0.2) is 24.0 Å². The Morgan fingerprint density at radius 2 is 1.94 bits per heavy atom. The normalized spacial score (nSPS) is 10.0. The van der Waals surface area contributed by atoms with Crippen LogP contribution in [0.4, 0.5) is 4.39 Å². The summed E-state index contributed by atoms with van der Waals surface area (Å²) in [6.07, 6.45) is 2.32. The van der Waals surface area contributed by atoms with Crippen LogP contribution in [0.3, 0.4) is 0 Å².